The highest BCUT2D eigenvalue weighted by molar-refractivity contribution is 7.71. The molecule has 1 saturated heterocycles. The summed E-state index contributed by atoms with van der Waals surface area (Å²) in [5.74, 6) is 1.40. The second-order valence-electron chi connectivity index (χ2n) is 7.14. The van der Waals surface area contributed by atoms with Gasteiger partial charge in [0.2, 0.25) is 5.91 Å². The molecule has 1 aliphatic rings. The van der Waals surface area contributed by atoms with E-state index < -0.39 is 0 Å². The summed E-state index contributed by atoms with van der Waals surface area (Å²) in [7, 11) is 0. The van der Waals surface area contributed by atoms with Crippen LogP contribution in [-0.4, -0.2) is 52.0 Å². The summed E-state index contributed by atoms with van der Waals surface area (Å²) in [5.41, 5.74) is 2.83. The summed E-state index contributed by atoms with van der Waals surface area (Å²) in [5, 5.41) is 10.2. The largest absolute Gasteiger partial charge is 0.378 e. The maximum absolute atomic E-state index is 12.7. The van der Waals surface area contributed by atoms with Gasteiger partial charge in [0.25, 0.3) is 0 Å². The van der Waals surface area contributed by atoms with E-state index in [-0.39, 0.29) is 12.3 Å². The minimum atomic E-state index is -0.101. The smallest absolute Gasteiger partial charge is 0.226 e. The van der Waals surface area contributed by atoms with Gasteiger partial charge in [0, 0.05) is 37.8 Å². The lowest BCUT2D eigenvalue weighted by Gasteiger charge is -2.29. The number of pyridine rings is 1. The fourth-order valence-electron chi connectivity index (χ4n) is 3.40. The molecule has 2 aromatic heterocycles. The van der Waals surface area contributed by atoms with Crippen molar-refractivity contribution in [3.8, 4) is 11.4 Å². The number of benzene rings is 1. The molecule has 9 heteroatoms. The molecule has 2 N–H and O–H groups in total. The first kappa shape index (κ1) is 20.2. The zero-order valence-electron chi connectivity index (χ0n) is 16.8. The number of hydrogen-bond donors (Lipinski definition) is 2. The van der Waals surface area contributed by atoms with E-state index >= 15 is 0 Å². The van der Waals surface area contributed by atoms with Crippen LogP contribution in [0.2, 0.25) is 0 Å². The van der Waals surface area contributed by atoms with E-state index in [2.05, 4.69) is 25.4 Å². The van der Waals surface area contributed by atoms with Gasteiger partial charge in [-0.3, -0.25) is 14.5 Å². The van der Waals surface area contributed by atoms with E-state index in [4.69, 9.17) is 17.0 Å². The highest BCUT2D eigenvalue weighted by atomic mass is 32.1. The number of hydrogen-bond acceptors (Lipinski definition) is 6. The maximum atomic E-state index is 12.7. The lowest BCUT2D eigenvalue weighted by molar-refractivity contribution is -0.116. The van der Waals surface area contributed by atoms with Crippen LogP contribution >= 0.6 is 12.2 Å². The van der Waals surface area contributed by atoms with E-state index in [1.807, 2.05) is 47.9 Å². The topological polar surface area (TPSA) is 88.1 Å². The minimum absolute atomic E-state index is 0.101. The lowest BCUT2D eigenvalue weighted by atomic mass is 10.1. The molecule has 0 aliphatic carbocycles. The zero-order chi connectivity index (χ0) is 20.9. The molecule has 0 spiro atoms. The van der Waals surface area contributed by atoms with Crippen LogP contribution < -0.4 is 10.2 Å². The molecule has 30 heavy (non-hydrogen) atoms. The number of nitrogens with zero attached hydrogens (tertiary/aromatic N) is 4. The van der Waals surface area contributed by atoms with Gasteiger partial charge in [-0.15, -0.1) is 0 Å². The van der Waals surface area contributed by atoms with Crippen molar-refractivity contribution in [3.63, 3.8) is 0 Å². The molecule has 0 radical (unpaired) electrons. The number of carbonyl (C=O) groups excluding carboxylic acids is 1. The number of ether oxygens (including phenoxy) is 1. The van der Waals surface area contributed by atoms with Gasteiger partial charge < -0.3 is 15.0 Å². The first-order valence-electron chi connectivity index (χ1n) is 9.91. The number of nitrogens with one attached hydrogen (secondary N) is 2. The van der Waals surface area contributed by atoms with Gasteiger partial charge in [0.15, 0.2) is 16.4 Å². The van der Waals surface area contributed by atoms with Crippen molar-refractivity contribution in [1.82, 2.24) is 19.7 Å². The van der Waals surface area contributed by atoms with Crippen LogP contribution in [0.25, 0.3) is 11.4 Å². The number of aromatic nitrogens is 4. The fourth-order valence-corrected chi connectivity index (χ4v) is 3.62. The van der Waals surface area contributed by atoms with Crippen molar-refractivity contribution in [2.24, 2.45) is 0 Å². The molecule has 0 saturated carbocycles. The Labute approximate surface area is 179 Å². The van der Waals surface area contributed by atoms with Gasteiger partial charge in [0.1, 0.15) is 0 Å². The Hall–Kier alpha value is -3.04. The van der Waals surface area contributed by atoms with Crippen LogP contribution in [0, 0.1) is 11.7 Å². The van der Waals surface area contributed by atoms with Crippen molar-refractivity contribution >= 4 is 29.6 Å². The molecule has 8 nitrogen and oxygen atoms in total. The fraction of sp³-hybridized carbons (Fsp3) is 0.333. The quantitative estimate of drug-likeness (QED) is 0.591. The predicted octanol–water partition coefficient (Wildman–Crippen LogP) is 3.18. The van der Waals surface area contributed by atoms with Crippen molar-refractivity contribution in [3.05, 3.63) is 52.9 Å². The van der Waals surface area contributed by atoms with Gasteiger partial charge in [-0.05, 0) is 31.3 Å². The summed E-state index contributed by atoms with van der Waals surface area (Å²) in [6, 6.07) is 11.7. The van der Waals surface area contributed by atoms with Gasteiger partial charge in [0.05, 0.1) is 18.9 Å². The van der Waals surface area contributed by atoms with Crippen LogP contribution in [0.5, 0.6) is 0 Å². The first-order valence-corrected chi connectivity index (χ1v) is 10.3. The summed E-state index contributed by atoms with van der Waals surface area (Å²) in [6.07, 6.45) is 2.00. The van der Waals surface area contributed by atoms with Gasteiger partial charge in [-0.25, -0.2) is 4.98 Å². The van der Waals surface area contributed by atoms with Crippen LogP contribution in [0.3, 0.4) is 0 Å². The van der Waals surface area contributed by atoms with Gasteiger partial charge in [-0.1, -0.05) is 29.8 Å². The molecule has 3 heterocycles. The molecular formula is C21H24N6O2S. The summed E-state index contributed by atoms with van der Waals surface area (Å²) >= 11 is 5.37. The average molecular weight is 425 g/mol. The number of amides is 1. The Morgan fingerprint density at radius 1 is 1.23 bits per heavy atom. The number of carbonyl (C=O) groups is 1. The van der Waals surface area contributed by atoms with Crippen molar-refractivity contribution < 1.29 is 9.53 Å². The van der Waals surface area contributed by atoms with Crippen molar-refractivity contribution in [2.45, 2.75) is 19.9 Å². The van der Waals surface area contributed by atoms with Gasteiger partial charge >= 0.3 is 0 Å². The standard InChI is InChI=1S/C21H24N6O2S/c1-15-4-6-16(7-5-15)19-24-25-21(30)27(19)10-8-18(28)23-17-3-2-9-22-20(17)26-11-13-29-14-12-26/h2-7,9H,8,10-14H2,1H3,(H,23,28)(H,25,30). The SMILES string of the molecule is Cc1ccc(-c2n[nH]c(=S)n2CCC(=O)Nc2cccnc2N2CCOCC2)cc1. The molecule has 156 valence electrons. The van der Waals surface area contributed by atoms with Crippen LogP contribution in [0.15, 0.2) is 42.6 Å². The first-order chi connectivity index (χ1) is 14.6. The Bertz CT molecular complexity index is 1070. The molecule has 1 aromatic carbocycles. The molecule has 0 atom stereocenters. The number of rotatable bonds is 6. The zero-order valence-corrected chi connectivity index (χ0v) is 17.6. The molecule has 0 unspecified atom stereocenters. The van der Waals surface area contributed by atoms with Crippen molar-refractivity contribution in [1.29, 1.82) is 0 Å². The third-order valence-corrected chi connectivity index (χ3v) is 5.31. The van der Waals surface area contributed by atoms with E-state index in [0.29, 0.717) is 30.2 Å². The van der Waals surface area contributed by atoms with E-state index in [1.54, 1.807) is 6.20 Å². The second-order valence-corrected chi connectivity index (χ2v) is 7.53. The minimum Gasteiger partial charge on any atom is -0.378 e. The summed E-state index contributed by atoms with van der Waals surface area (Å²) in [4.78, 5) is 19.3. The normalized spacial score (nSPS) is 14.0. The second kappa shape index (κ2) is 9.19. The van der Waals surface area contributed by atoms with E-state index in [1.165, 1.54) is 5.56 Å². The van der Waals surface area contributed by atoms with Crippen LogP contribution in [0.4, 0.5) is 11.5 Å². The third kappa shape index (κ3) is 4.58. The molecule has 4 rings (SSSR count). The lowest BCUT2D eigenvalue weighted by Crippen LogP contribution is -2.37. The Morgan fingerprint density at radius 2 is 2.00 bits per heavy atom. The van der Waals surface area contributed by atoms with Crippen molar-refractivity contribution in [2.75, 3.05) is 36.5 Å². The highest BCUT2D eigenvalue weighted by Crippen LogP contribution is 2.24. The van der Waals surface area contributed by atoms with Crippen LogP contribution in [0.1, 0.15) is 12.0 Å². The molecule has 1 aliphatic heterocycles. The van der Waals surface area contributed by atoms with E-state index in [9.17, 15) is 4.79 Å². The summed E-state index contributed by atoms with van der Waals surface area (Å²) < 4.78 is 7.76. The van der Waals surface area contributed by atoms with E-state index in [0.717, 1.165) is 30.3 Å². The molecule has 3 aromatic rings. The number of H-pyrrole nitrogens is 1. The number of aryl methyl sites for hydroxylation is 1. The Morgan fingerprint density at radius 3 is 2.77 bits per heavy atom. The third-order valence-electron chi connectivity index (χ3n) is 5.00. The molecule has 1 fully saturated rings. The molecular weight excluding hydrogens is 400 g/mol. The van der Waals surface area contributed by atoms with Crippen LogP contribution in [-0.2, 0) is 16.1 Å². The predicted molar refractivity (Wildman–Crippen MR) is 118 cm³/mol. The monoisotopic (exact) mass is 424 g/mol. The summed E-state index contributed by atoms with van der Waals surface area (Å²) in [6.45, 7) is 5.29. The Balaban J connectivity index is 1.45. The van der Waals surface area contributed by atoms with Gasteiger partial charge in [-0.2, -0.15) is 5.10 Å². The number of aromatic amines is 1. The number of morpholine rings is 1. The Kier molecular flexibility index (Phi) is 6.20. The number of anilines is 2. The molecule has 1 amide bonds. The molecule has 0 bridgehead atoms. The highest BCUT2D eigenvalue weighted by Gasteiger charge is 2.17. The average Bonchev–Trinajstić information content (AvgIpc) is 3.14. The maximum Gasteiger partial charge on any atom is 0.226 e.